The van der Waals surface area contributed by atoms with E-state index >= 15 is 0 Å². The molecule has 1 aromatic rings. The molecule has 2 heterocycles. The molecule has 4 heteroatoms. The van der Waals surface area contributed by atoms with Crippen LogP contribution in [0.1, 0.15) is 31.2 Å². The van der Waals surface area contributed by atoms with Crippen molar-refractivity contribution < 1.29 is 9.53 Å². The van der Waals surface area contributed by atoms with Gasteiger partial charge in [0.15, 0.2) is 0 Å². The van der Waals surface area contributed by atoms with E-state index < -0.39 is 0 Å². The molecule has 0 aliphatic carbocycles. The Morgan fingerprint density at radius 2 is 2.25 bits per heavy atom. The number of fused-ring (bicyclic) bond motifs is 1. The number of carbonyl (C=O) groups excluding carboxylic acids is 1. The van der Waals surface area contributed by atoms with Gasteiger partial charge in [-0.25, -0.2) is 0 Å². The number of ether oxygens (including phenoxy) is 1. The van der Waals surface area contributed by atoms with E-state index in [0.29, 0.717) is 6.42 Å². The maximum absolute atomic E-state index is 11.3. The van der Waals surface area contributed by atoms with Gasteiger partial charge in [-0.2, -0.15) is 0 Å². The van der Waals surface area contributed by atoms with Gasteiger partial charge in [0.2, 0.25) is 5.91 Å². The fourth-order valence-corrected chi connectivity index (χ4v) is 2.96. The highest BCUT2D eigenvalue weighted by atomic mass is 16.5. The molecule has 4 nitrogen and oxygen atoms in total. The molecule has 1 unspecified atom stereocenters. The smallest absolute Gasteiger partial charge is 0.224 e. The average Bonchev–Trinajstić information content (AvgIpc) is 2.48. The van der Waals surface area contributed by atoms with Crippen molar-refractivity contribution in [3.05, 3.63) is 23.8 Å². The Morgan fingerprint density at radius 3 is 3.10 bits per heavy atom. The number of piperidine rings is 1. The fraction of sp³-hybridized carbons (Fsp3) is 0.562. The first-order valence-electron chi connectivity index (χ1n) is 7.57. The minimum atomic E-state index is 0.107. The van der Waals surface area contributed by atoms with Crippen LogP contribution < -0.4 is 15.4 Å². The molecule has 1 atom stereocenters. The van der Waals surface area contributed by atoms with Crippen LogP contribution in [-0.2, 0) is 11.2 Å². The Labute approximate surface area is 119 Å². The van der Waals surface area contributed by atoms with Crippen LogP contribution >= 0.6 is 0 Å². The standard InChI is InChI=1S/C16H22N2O2/c19-16-6-3-13-10-14(4-5-15(13)18-16)20-9-7-12-2-1-8-17-11-12/h4-5,10,12,17H,1-3,6-9,11H2,(H,18,19). The minimum absolute atomic E-state index is 0.107. The molecular weight excluding hydrogens is 252 g/mol. The van der Waals surface area contributed by atoms with E-state index in [9.17, 15) is 4.79 Å². The van der Waals surface area contributed by atoms with E-state index in [2.05, 4.69) is 16.7 Å². The normalized spacial score (nSPS) is 22.0. The number of amides is 1. The summed E-state index contributed by atoms with van der Waals surface area (Å²) in [6.07, 6.45) is 5.09. The quantitative estimate of drug-likeness (QED) is 0.886. The molecule has 2 aliphatic rings. The molecule has 0 spiro atoms. The Morgan fingerprint density at radius 1 is 1.30 bits per heavy atom. The van der Waals surface area contributed by atoms with E-state index in [-0.39, 0.29) is 5.91 Å². The molecule has 2 aliphatic heterocycles. The van der Waals surface area contributed by atoms with Crippen molar-refractivity contribution in [2.45, 2.75) is 32.1 Å². The van der Waals surface area contributed by atoms with E-state index in [1.54, 1.807) is 0 Å². The highest BCUT2D eigenvalue weighted by molar-refractivity contribution is 5.93. The summed E-state index contributed by atoms with van der Waals surface area (Å²) < 4.78 is 5.86. The van der Waals surface area contributed by atoms with Crippen molar-refractivity contribution in [1.29, 1.82) is 0 Å². The van der Waals surface area contributed by atoms with Gasteiger partial charge >= 0.3 is 0 Å². The summed E-state index contributed by atoms with van der Waals surface area (Å²) in [7, 11) is 0. The van der Waals surface area contributed by atoms with Crippen molar-refractivity contribution in [2.24, 2.45) is 5.92 Å². The average molecular weight is 274 g/mol. The van der Waals surface area contributed by atoms with Gasteiger partial charge in [-0.05, 0) is 68.5 Å². The molecule has 0 radical (unpaired) electrons. The van der Waals surface area contributed by atoms with Crippen LogP contribution in [0.3, 0.4) is 0 Å². The molecule has 1 saturated heterocycles. The first-order chi connectivity index (χ1) is 9.81. The highest BCUT2D eigenvalue weighted by Crippen LogP contribution is 2.27. The summed E-state index contributed by atoms with van der Waals surface area (Å²) in [5, 5.41) is 6.32. The number of hydrogen-bond acceptors (Lipinski definition) is 3. The minimum Gasteiger partial charge on any atom is -0.494 e. The number of aryl methyl sites for hydroxylation is 1. The summed E-state index contributed by atoms with van der Waals surface area (Å²) in [6, 6.07) is 5.96. The van der Waals surface area contributed by atoms with Crippen LogP contribution in [-0.4, -0.2) is 25.6 Å². The molecule has 1 amide bonds. The Bertz CT molecular complexity index is 481. The van der Waals surface area contributed by atoms with Crippen molar-refractivity contribution >= 4 is 11.6 Å². The molecular formula is C16H22N2O2. The number of anilines is 1. The number of hydrogen-bond donors (Lipinski definition) is 2. The highest BCUT2D eigenvalue weighted by Gasteiger charge is 2.16. The van der Waals surface area contributed by atoms with Crippen LogP contribution in [0.25, 0.3) is 0 Å². The van der Waals surface area contributed by atoms with Crippen LogP contribution in [0, 0.1) is 5.92 Å². The zero-order valence-electron chi connectivity index (χ0n) is 11.8. The van der Waals surface area contributed by atoms with Crippen LogP contribution in [0.15, 0.2) is 18.2 Å². The summed E-state index contributed by atoms with van der Waals surface area (Å²) in [6.45, 7) is 3.06. The lowest BCUT2D eigenvalue weighted by atomic mass is 9.97. The number of carbonyl (C=O) groups is 1. The molecule has 2 N–H and O–H groups in total. The van der Waals surface area contributed by atoms with E-state index in [1.165, 1.54) is 18.4 Å². The largest absolute Gasteiger partial charge is 0.494 e. The Balaban J connectivity index is 1.51. The molecule has 1 fully saturated rings. The van der Waals surface area contributed by atoms with Crippen molar-refractivity contribution in [3.8, 4) is 5.75 Å². The Kier molecular flexibility index (Phi) is 4.21. The second kappa shape index (κ2) is 6.27. The SMILES string of the molecule is O=C1CCc2cc(OCCC3CCCNC3)ccc2N1. The predicted molar refractivity (Wildman–Crippen MR) is 79.1 cm³/mol. The lowest BCUT2D eigenvalue weighted by Crippen LogP contribution is -2.30. The third-order valence-corrected chi connectivity index (χ3v) is 4.17. The molecule has 108 valence electrons. The first-order valence-corrected chi connectivity index (χ1v) is 7.57. The van der Waals surface area contributed by atoms with E-state index in [0.717, 1.165) is 49.9 Å². The summed E-state index contributed by atoms with van der Waals surface area (Å²) in [5.74, 6) is 1.78. The van der Waals surface area contributed by atoms with Gasteiger partial charge in [0.05, 0.1) is 6.61 Å². The second-order valence-corrected chi connectivity index (χ2v) is 5.72. The predicted octanol–water partition coefficient (Wildman–Crippen LogP) is 2.34. The Hall–Kier alpha value is -1.55. The van der Waals surface area contributed by atoms with Gasteiger partial charge in [-0.1, -0.05) is 0 Å². The van der Waals surface area contributed by atoms with Crippen LogP contribution in [0.2, 0.25) is 0 Å². The summed E-state index contributed by atoms with van der Waals surface area (Å²) >= 11 is 0. The van der Waals surface area contributed by atoms with Crippen molar-refractivity contribution in [1.82, 2.24) is 5.32 Å². The molecule has 20 heavy (non-hydrogen) atoms. The van der Waals surface area contributed by atoms with Crippen molar-refractivity contribution in [2.75, 3.05) is 25.0 Å². The van der Waals surface area contributed by atoms with E-state index in [1.807, 2.05) is 12.1 Å². The lowest BCUT2D eigenvalue weighted by Gasteiger charge is -2.23. The summed E-state index contributed by atoms with van der Waals surface area (Å²) in [5.41, 5.74) is 2.12. The van der Waals surface area contributed by atoms with Gasteiger partial charge in [0.1, 0.15) is 5.75 Å². The number of benzene rings is 1. The number of nitrogens with one attached hydrogen (secondary N) is 2. The van der Waals surface area contributed by atoms with Crippen LogP contribution in [0.4, 0.5) is 5.69 Å². The third-order valence-electron chi connectivity index (χ3n) is 4.17. The van der Waals surface area contributed by atoms with Gasteiger partial charge in [0.25, 0.3) is 0 Å². The monoisotopic (exact) mass is 274 g/mol. The topological polar surface area (TPSA) is 50.4 Å². The molecule has 0 aromatic heterocycles. The molecule has 3 rings (SSSR count). The molecule has 0 bridgehead atoms. The molecule has 0 saturated carbocycles. The van der Waals surface area contributed by atoms with E-state index in [4.69, 9.17) is 4.74 Å². The maximum atomic E-state index is 11.3. The first kappa shape index (κ1) is 13.4. The van der Waals surface area contributed by atoms with Gasteiger partial charge in [-0.3, -0.25) is 4.79 Å². The fourth-order valence-electron chi connectivity index (χ4n) is 2.96. The molecule has 1 aromatic carbocycles. The zero-order chi connectivity index (χ0) is 13.8. The van der Waals surface area contributed by atoms with Gasteiger partial charge < -0.3 is 15.4 Å². The third kappa shape index (κ3) is 3.31. The summed E-state index contributed by atoms with van der Waals surface area (Å²) in [4.78, 5) is 11.3. The lowest BCUT2D eigenvalue weighted by molar-refractivity contribution is -0.116. The van der Waals surface area contributed by atoms with Crippen LogP contribution in [0.5, 0.6) is 5.75 Å². The van der Waals surface area contributed by atoms with Crippen molar-refractivity contribution in [3.63, 3.8) is 0 Å². The van der Waals surface area contributed by atoms with Gasteiger partial charge in [-0.15, -0.1) is 0 Å². The second-order valence-electron chi connectivity index (χ2n) is 5.72. The van der Waals surface area contributed by atoms with Gasteiger partial charge in [0, 0.05) is 12.1 Å². The maximum Gasteiger partial charge on any atom is 0.224 e. The zero-order valence-corrected chi connectivity index (χ0v) is 11.8. The number of rotatable bonds is 4.